The minimum absolute atomic E-state index is 0.183. The first kappa shape index (κ1) is 22.3. The second-order valence-corrected chi connectivity index (χ2v) is 7.86. The number of aromatic nitrogens is 5. The summed E-state index contributed by atoms with van der Waals surface area (Å²) in [7, 11) is 1.63. The lowest BCUT2D eigenvalue weighted by molar-refractivity contribution is 0.0302. The maximum atomic E-state index is 13.1. The zero-order valence-corrected chi connectivity index (χ0v) is 19.0. The Balaban J connectivity index is 1.38. The summed E-state index contributed by atoms with van der Waals surface area (Å²) in [5.74, 6) is 0.447. The summed E-state index contributed by atoms with van der Waals surface area (Å²) < 4.78 is 13.7. The molecule has 35 heavy (non-hydrogen) atoms. The van der Waals surface area contributed by atoms with Crippen LogP contribution >= 0.6 is 0 Å². The smallest absolute Gasteiger partial charge is 0.274 e. The first-order chi connectivity index (χ1) is 17.0. The Labute approximate surface area is 200 Å². The molecule has 0 spiro atoms. The average Bonchev–Trinajstić information content (AvgIpc) is 3.48. The fourth-order valence-corrected chi connectivity index (χ4v) is 3.88. The van der Waals surface area contributed by atoms with E-state index < -0.39 is 5.91 Å². The van der Waals surface area contributed by atoms with Gasteiger partial charge in [0.05, 0.1) is 31.2 Å². The zero-order valence-electron chi connectivity index (χ0n) is 19.0. The predicted molar refractivity (Wildman–Crippen MR) is 127 cm³/mol. The Morgan fingerprint density at radius 3 is 2.83 bits per heavy atom. The molecule has 0 aliphatic carbocycles. The predicted octanol–water partition coefficient (Wildman–Crippen LogP) is 2.38. The Bertz CT molecular complexity index is 1420. The SMILES string of the molecule is C=COc1cccc(-c2nc3cc(NC(=O)c4c(C(=O)N5CCOCC5)cnn4C)ccn3n2)c1. The number of rotatable bonds is 6. The number of pyridine rings is 1. The number of aryl methyl sites for hydroxylation is 1. The minimum Gasteiger partial charge on any atom is -0.466 e. The first-order valence-corrected chi connectivity index (χ1v) is 11.0. The van der Waals surface area contributed by atoms with Crippen molar-refractivity contribution >= 4 is 23.1 Å². The summed E-state index contributed by atoms with van der Waals surface area (Å²) in [5, 5.41) is 11.5. The molecule has 11 nitrogen and oxygen atoms in total. The largest absolute Gasteiger partial charge is 0.466 e. The van der Waals surface area contributed by atoms with Gasteiger partial charge in [0, 0.05) is 43.7 Å². The first-order valence-electron chi connectivity index (χ1n) is 11.0. The fraction of sp³-hybridized carbons (Fsp3) is 0.208. The van der Waals surface area contributed by atoms with E-state index in [0.29, 0.717) is 49.2 Å². The van der Waals surface area contributed by atoms with E-state index in [9.17, 15) is 9.59 Å². The fourth-order valence-electron chi connectivity index (χ4n) is 3.88. The number of benzene rings is 1. The molecule has 1 N–H and O–H groups in total. The van der Waals surface area contributed by atoms with Crippen LogP contribution in [0, 0.1) is 0 Å². The van der Waals surface area contributed by atoms with Gasteiger partial charge < -0.3 is 19.7 Å². The van der Waals surface area contributed by atoms with Gasteiger partial charge in [-0.3, -0.25) is 14.3 Å². The standard InChI is InChI=1S/C24H23N7O4/c1-3-35-18-6-4-5-16(13-18)22-27-20-14-17(7-8-31(20)28-22)26-23(32)21-19(15-25-29(21)2)24(33)30-9-11-34-12-10-30/h3-8,13-15H,1,9-12H2,2H3,(H,26,32). The second-order valence-electron chi connectivity index (χ2n) is 7.86. The number of hydrogen-bond acceptors (Lipinski definition) is 7. The lowest BCUT2D eigenvalue weighted by Crippen LogP contribution is -2.41. The number of fused-ring (bicyclic) bond motifs is 1. The van der Waals surface area contributed by atoms with Crippen molar-refractivity contribution in [2.75, 3.05) is 31.6 Å². The van der Waals surface area contributed by atoms with E-state index in [0.717, 1.165) is 5.56 Å². The Hall–Kier alpha value is -4.51. The molecule has 1 fully saturated rings. The van der Waals surface area contributed by atoms with Crippen LogP contribution in [0.25, 0.3) is 17.0 Å². The number of carbonyl (C=O) groups excluding carboxylic acids is 2. The number of anilines is 1. The molecular weight excluding hydrogens is 450 g/mol. The molecule has 1 aromatic carbocycles. The highest BCUT2D eigenvalue weighted by molar-refractivity contribution is 6.11. The lowest BCUT2D eigenvalue weighted by Gasteiger charge is -2.26. The van der Waals surface area contributed by atoms with Crippen LogP contribution in [0.1, 0.15) is 20.8 Å². The Morgan fingerprint density at radius 1 is 1.20 bits per heavy atom. The van der Waals surface area contributed by atoms with Crippen LogP contribution in [0.15, 0.2) is 61.6 Å². The molecule has 2 amide bonds. The van der Waals surface area contributed by atoms with E-state index in [1.54, 1.807) is 34.8 Å². The van der Waals surface area contributed by atoms with Gasteiger partial charge in [-0.15, -0.1) is 5.10 Å². The van der Waals surface area contributed by atoms with Crippen LogP contribution in [0.3, 0.4) is 0 Å². The highest BCUT2D eigenvalue weighted by atomic mass is 16.5. The number of nitrogens with zero attached hydrogens (tertiary/aromatic N) is 6. The highest BCUT2D eigenvalue weighted by Gasteiger charge is 2.27. The van der Waals surface area contributed by atoms with Crippen molar-refractivity contribution in [1.82, 2.24) is 29.3 Å². The molecule has 1 saturated heterocycles. The number of morpholine rings is 1. The van der Waals surface area contributed by atoms with Crippen molar-refractivity contribution in [3.63, 3.8) is 0 Å². The van der Waals surface area contributed by atoms with Crippen molar-refractivity contribution in [2.45, 2.75) is 0 Å². The van der Waals surface area contributed by atoms with Crippen LogP contribution in [0.4, 0.5) is 5.69 Å². The van der Waals surface area contributed by atoms with Crippen molar-refractivity contribution < 1.29 is 19.1 Å². The van der Waals surface area contributed by atoms with Gasteiger partial charge in [-0.2, -0.15) is 5.10 Å². The van der Waals surface area contributed by atoms with Crippen molar-refractivity contribution in [2.24, 2.45) is 7.05 Å². The third-order valence-electron chi connectivity index (χ3n) is 5.59. The van der Waals surface area contributed by atoms with Crippen molar-refractivity contribution in [1.29, 1.82) is 0 Å². The summed E-state index contributed by atoms with van der Waals surface area (Å²) in [6.07, 6.45) is 4.48. The van der Waals surface area contributed by atoms with Crippen molar-refractivity contribution in [3.8, 4) is 17.1 Å². The van der Waals surface area contributed by atoms with Crippen molar-refractivity contribution in [3.05, 3.63) is 72.9 Å². The van der Waals surface area contributed by atoms with Gasteiger partial charge in [0.1, 0.15) is 11.4 Å². The summed E-state index contributed by atoms with van der Waals surface area (Å²) in [6, 6.07) is 10.8. The molecule has 178 valence electrons. The second kappa shape index (κ2) is 9.39. The van der Waals surface area contributed by atoms with E-state index in [2.05, 4.69) is 27.1 Å². The molecule has 4 heterocycles. The third kappa shape index (κ3) is 4.49. The number of carbonyl (C=O) groups is 2. The molecule has 1 aliphatic heterocycles. The average molecular weight is 473 g/mol. The van der Waals surface area contributed by atoms with Crippen LogP contribution in [-0.4, -0.2) is 67.4 Å². The van der Waals surface area contributed by atoms with Crippen LogP contribution < -0.4 is 10.1 Å². The normalized spacial score (nSPS) is 13.6. The molecule has 1 aliphatic rings. The number of hydrogen-bond donors (Lipinski definition) is 1. The van der Waals surface area contributed by atoms with Crippen LogP contribution in [0.2, 0.25) is 0 Å². The number of amides is 2. The lowest BCUT2D eigenvalue weighted by atomic mass is 10.2. The minimum atomic E-state index is -0.444. The molecule has 5 rings (SSSR count). The van der Waals surface area contributed by atoms with Gasteiger partial charge in [-0.25, -0.2) is 9.50 Å². The highest BCUT2D eigenvalue weighted by Crippen LogP contribution is 2.23. The van der Waals surface area contributed by atoms with Crippen LogP contribution in [-0.2, 0) is 11.8 Å². The zero-order chi connectivity index (χ0) is 24.4. The van der Waals surface area contributed by atoms with E-state index in [1.165, 1.54) is 17.1 Å². The van der Waals surface area contributed by atoms with Crippen LogP contribution in [0.5, 0.6) is 5.75 Å². The van der Waals surface area contributed by atoms with E-state index in [1.807, 2.05) is 24.3 Å². The maximum Gasteiger partial charge on any atom is 0.274 e. The summed E-state index contributed by atoms with van der Waals surface area (Å²) in [5.41, 5.74) is 2.26. The topological polar surface area (TPSA) is 116 Å². The molecule has 0 saturated carbocycles. The number of nitrogens with one attached hydrogen (secondary N) is 1. The van der Waals surface area contributed by atoms with Gasteiger partial charge in [0.25, 0.3) is 11.8 Å². The molecule has 0 radical (unpaired) electrons. The monoisotopic (exact) mass is 473 g/mol. The molecule has 0 bridgehead atoms. The molecule has 0 unspecified atom stereocenters. The molecule has 3 aromatic heterocycles. The number of ether oxygens (including phenoxy) is 2. The molecular formula is C24H23N7O4. The van der Waals surface area contributed by atoms with Gasteiger partial charge in [-0.05, 0) is 18.2 Å². The Kier molecular flexibility index (Phi) is 5.98. The van der Waals surface area contributed by atoms with Gasteiger partial charge in [-0.1, -0.05) is 18.7 Å². The van der Waals surface area contributed by atoms with Gasteiger partial charge in [0.2, 0.25) is 0 Å². The molecule has 11 heteroatoms. The van der Waals surface area contributed by atoms with E-state index in [-0.39, 0.29) is 17.2 Å². The van der Waals surface area contributed by atoms with E-state index in [4.69, 9.17) is 9.47 Å². The van der Waals surface area contributed by atoms with Gasteiger partial charge >= 0.3 is 0 Å². The maximum absolute atomic E-state index is 13.1. The quantitative estimate of drug-likeness (QED) is 0.428. The summed E-state index contributed by atoms with van der Waals surface area (Å²) >= 11 is 0. The summed E-state index contributed by atoms with van der Waals surface area (Å²) in [4.78, 5) is 32.3. The third-order valence-corrected chi connectivity index (χ3v) is 5.59. The van der Waals surface area contributed by atoms with Gasteiger partial charge in [0.15, 0.2) is 11.5 Å². The molecule has 0 atom stereocenters. The Morgan fingerprint density at radius 2 is 2.03 bits per heavy atom. The summed E-state index contributed by atoms with van der Waals surface area (Å²) in [6.45, 7) is 5.46. The molecule has 4 aromatic rings. The van der Waals surface area contributed by atoms with E-state index >= 15 is 0 Å².